The normalized spacial score (nSPS) is 41.1. The molecule has 116 valence electrons. The van der Waals surface area contributed by atoms with Crippen LogP contribution in [0.2, 0.25) is 0 Å². The summed E-state index contributed by atoms with van der Waals surface area (Å²) in [5.41, 5.74) is 9.36. The molecule has 0 spiro atoms. The van der Waals surface area contributed by atoms with Crippen LogP contribution >= 0.6 is 0 Å². The van der Waals surface area contributed by atoms with Crippen LogP contribution < -0.4 is 5.73 Å². The maximum atomic E-state index is 6.11. The summed E-state index contributed by atoms with van der Waals surface area (Å²) in [6.45, 7) is 7.00. The number of nitrogens with zero attached hydrogens (tertiary/aromatic N) is 1. The first kappa shape index (κ1) is 13.7. The minimum atomic E-state index is 0.268. The Morgan fingerprint density at radius 3 is 2.48 bits per heavy atom. The number of nitrogen functional groups attached to an aromatic ring is 1. The van der Waals surface area contributed by atoms with Gasteiger partial charge in [-0.25, -0.2) is 0 Å². The van der Waals surface area contributed by atoms with Crippen LogP contribution in [0.3, 0.4) is 0 Å². The van der Waals surface area contributed by atoms with Gasteiger partial charge in [-0.2, -0.15) is 0 Å². The van der Waals surface area contributed by atoms with Gasteiger partial charge >= 0.3 is 0 Å². The van der Waals surface area contributed by atoms with Gasteiger partial charge in [0, 0.05) is 11.0 Å². The minimum Gasteiger partial charge on any atom is -0.367 e. The van der Waals surface area contributed by atoms with Crippen LogP contribution in [0.25, 0.3) is 0 Å². The van der Waals surface area contributed by atoms with E-state index in [1.54, 1.807) is 0 Å². The topological polar surface area (TPSA) is 52.0 Å². The fourth-order valence-electron chi connectivity index (χ4n) is 6.34. The first-order chi connectivity index (χ1) is 9.89. The largest absolute Gasteiger partial charge is 0.367 e. The Hall–Kier alpha value is -0.990. The molecule has 2 N–H and O–H groups in total. The number of rotatable bonds is 3. The molecule has 0 aromatic carbocycles. The molecule has 4 fully saturated rings. The van der Waals surface area contributed by atoms with Gasteiger partial charge in [-0.1, -0.05) is 25.9 Å². The fraction of sp³-hybridized carbons (Fsp3) is 0.833. The first-order valence-electron chi connectivity index (χ1n) is 8.64. The zero-order chi connectivity index (χ0) is 14.8. The highest BCUT2D eigenvalue weighted by atomic mass is 16.5. The quantitative estimate of drug-likeness (QED) is 0.901. The molecule has 1 heterocycles. The summed E-state index contributed by atoms with van der Waals surface area (Å²) in [7, 11) is 0. The molecule has 4 aliphatic carbocycles. The highest BCUT2D eigenvalue weighted by molar-refractivity contribution is 5.44. The van der Waals surface area contributed by atoms with Gasteiger partial charge in [-0.05, 0) is 68.1 Å². The second kappa shape index (κ2) is 4.27. The van der Waals surface area contributed by atoms with Crippen LogP contribution in [0, 0.1) is 23.2 Å². The van der Waals surface area contributed by atoms with E-state index >= 15 is 0 Å². The highest BCUT2D eigenvalue weighted by Crippen LogP contribution is 2.65. The summed E-state index contributed by atoms with van der Waals surface area (Å²) >= 11 is 0. The molecule has 5 rings (SSSR count). The lowest BCUT2D eigenvalue weighted by Gasteiger charge is -2.61. The summed E-state index contributed by atoms with van der Waals surface area (Å²) in [4.78, 5) is 0. The van der Waals surface area contributed by atoms with Crippen molar-refractivity contribution < 1.29 is 4.52 Å². The molecular weight excluding hydrogens is 260 g/mol. The van der Waals surface area contributed by atoms with E-state index in [-0.39, 0.29) is 5.41 Å². The van der Waals surface area contributed by atoms with E-state index in [1.807, 2.05) is 0 Å². The van der Waals surface area contributed by atoms with E-state index in [9.17, 15) is 0 Å². The van der Waals surface area contributed by atoms with Crippen molar-refractivity contribution in [2.24, 2.45) is 23.2 Å². The first-order valence-corrected chi connectivity index (χ1v) is 8.64. The zero-order valence-electron chi connectivity index (χ0n) is 13.6. The predicted octanol–water partition coefficient (Wildman–Crippen LogP) is 4.31. The number of aromatic nitrogens is 1. The predicted molar refractivity (Wildman–Crippen MR) is 83.9 cm³/mol. The molecule has 1 aromatic heterocycles. The number of hydrogen-bond donors (Lipinski definition) is 1. The molecule has 1 aromatic rings. The van der Waals surface area contributed by atoms with E-state index in [0.717, 1.165) is 18.3 Å². The van der Waals surface area contributed by atoms with Crippen molar-refractivity contribution in [3.8, 4) is 0 Å². The van der Waals surface area contributed by atoms with E-state index in [2.05, 4.69) is 25.9 Å². The van der Waals surface area contributed by atoms with Crippen molar-refractivity contribution in [2.75, 3.05) is 5.73 Å². The maximum absolute atomic E-state index is 6.11. The Kier molecular flexibility index (Phi) is 2.78. The van der Waals surface area contributed by atoms with Crippen molar-refractivity contribution in [3.63, 3.8) is 0 Å². The fourth-order valence-corrected chi connectivity index (χ4v) is 6.34. The molecular formula is C18H28N2O. The summed E-state index contributed by atoms with van der Waals surface area (Å²) in [5, 5.41) is 4.49. The van der Waals surface area contributed by atoms with Gasteiger partial charge in [0.15, 0.2) is 0 Å². The standard InChI is InChI=1S/C18H28N2O/c1-11(2)4-14-15(20-21-16(14)19)18-8-12-5-13(9-18)7-17(3,6-12)10-18/h11-13H,4-10,19H2,1-3H3. The van der Waals surface area contributed by atoms with Crippen LogP contribution in [0.5, 0.6) is 0 Å². The molecule has 3 heteroatoms. The number of hydrogen-bond acceptors (Lipinski definition) is 3. The molecule has 0 saturated heterocycles. The minimum absolute atomic E-state index is 0.268. The van der Waals surface area contributed by atoms with E-state index in [1.165, 1.54) is 49.8 Å². The van der Waals surface area contributed by atoms with Gasteiger partial charge in [-0.3, -0.25) is 0 Å². The number of nitrogens with two attached hydrogens (primary N) is 1. The monoisotopic (exact) mass is 288 g/mol. The Bertz CT molecular complexity index is 546. The van der Waals surface area contributed by atoms with Crippen LogP contribution in [-0.2, 0) is 11.8 Å². The molecule has 2 atom stereocenters. The smallest absolute Gasteiger partial charge is 0.225 e. The molecule has 2 unspecified atom stereocenters. The van der Waals surface area contributed by atoms with Crippen LogP contribution in [0.4, 0.5) is 5.88 Å². The molecule has 4 bridgehead atoms. The third kappa shape index (κ3) is 2.03. The molecule has 3 nitrogen and oxygen atoms in total. The molecule has 21 heavy (non-hydrogen) atoms. The summed E-state index contributed by atoms with van der Waals surface area (Å²) in [6.07, 6.45) is 9.23. The highest BCUT2D eigenvalue weighted by Gasteiger charge is 2.58. The molecule has 4 saturated carbocycles. The van der Waals surface area contributed by atoms with Crippen molar-refractivity contribution in [3.05, 3.63) is 11.3 Å². The van der Waals surface area contributed by atoms with Gasteiger partial charge < -0.3 is 10.3 Å². The van der Waals surface area contributed by atoms with Gasteiger partial charge in [0.2, 0.25) is 5.88 Å². The Morgan fingerprint density at radius 2 is 1.90 bits per heavy atom. The SMILES string of the molecule is CC(C)Cc1c(C23CC4CC(CC(C)(C4)C2)C3)noc1N. The molecule has 4 aliphatic rings. The lowest BCUT2D eigenvalue weighted by Crippen LogP contribution is -2.53. The summed E-state index contributed by atoms with van der Waals surface area (Å²) in [6, 6.07) is 0. The van der Waals surface area contributed by atoms with Crippen LogP contribution in [-0.4, -0.2) is 5.16 Å². The molecule has 0 amide bonds. The van der Waals surface area contributed by atoms with Crippen molar-refractivity contribution in [2.45, 2.75) is 71.1 Å². The third-order valence-electron chi connectivity index (χ3n) is 6.29. The summed E-state index contributed by atoms with van der Waals surface area (Å²) in [5.74, 6) is 2.97. The van der Waals surface area contributed by atoms with Crippen molar-refractivity contribution in [1.29, 1.82) is 0 Å². The van der Waals surface area contributed by atoms with E-state index in [0.29, 0.717) is 17.2 Å². The van der Waals surface area contributed by atoms with Gasteiger partial charge in [0.1, 0.15) is 0 Å². The van der Waals surface area contributed by atoms with Crippen LogP contribution in [0.1, 0.15) is 70.6 Å². The van der Waals surface area contributed by atoms with Gasteiger partial charge in [0.25, 0.3) is 0 Å². The maximum Gasteiger partial charge on any atom is 0.225 e. The average molecular weight is 288 g/mol. The number of anilines is 1. The van der Waals surface area contributed by atoms with Gasteiger partial charge in [0.05, 0.1) is 5.69 Å². The lowest BCUT2D eigenvalue weighted by molar-refractivity contribution is -0.0642. The Morgan fingerprint density at radius 1 is 1.24 bits per heavy atom. The van der Waals surface area contributed by atoms with Crippen LogP contribution in [0.15, 0.2) is 4.52 Å². The lowest BCUT2D eigenvalue weighted by atomic mass is 9.44. The summed E-state index contributed by atoms with van der Waals surface area (Å²) < 4.78 is 5.45. The van der Waals surface area contributed by atoms with E-state index < -0.39 is 0 Å². The van der Waals surface area contributed by atoms with Gasteiger partial charge in [-0.15, -0.1) is 0 Å². The van der Waals surface area contributed by atoms with Crippen molar-refractivity contribution >= 4 is 5.88 Å². The molecule has 0 aliphatic heterocycles. The average Bonchev–Trinajstić information content (AvgIpc) is 2.67. The second-order valence-corrected chi connectivity index (χ2v) is 9.02. The Balaban J connectivity index is 1.76. The molecule has 0 radical (unpaired) electrons. The third-order valence-corrected chi connectivity index (χ3v) is 6.29. The zero-order valence-corrected chi connectivity index (χ0v) is 13.6. The van der Waals surface area contributed by atoms with Crippen molar-refractivity contribution in [1.82, 2.24) is 5.16 Å². The van der Waals surface area contributed by atoms with E-state index in [4.69, 9.17) is 10.3 Å². The Labute approximate surface area is 127 Å². The second-order valence-electron chi connectivity index (χ2n) is 9.02.